The molecule has 1 heterocycles. The Labute approximate surface area is 115 Å². The molecule has 1 aromatic carbocycles. The SMILES string of the molecule is Cc1ccc(CC(O)c2cc(Cl)cs2)c(Cl)c1. The van der Waals surface area contributed by atoms with Crippen LogP contribution in [0.2, 0.25) is 10.0 Å². The summed E-state index contributed by atoms with van der Waals surface area (Å²) in [5, 5.41) is 13.3. The van der Waals surface area contributed by atoms with Gasteiger partial charge in [0.2, 0.25) is 0 Å². The molecule has 0 saturated carbocycles. The fourth-order valence-electron chi connectivity index (χ4n) is 1.63. The monoisotopic (exact) mass is 286 g/mol. The highest BCUT2D eigenvalue weighted by atomic mass is 35.5. The summed E-state index contributed by atoms with van der Waals surface area (Å²) >= 11 is 13.4. The summed E-state index contributed by atoms with van der Waals surface area (Å²) in [6.45, 7) is 1.99. The van der Waals surface area contributed by atoms with Crippen LogP contribution in [0.3, 0.4) is 0 Å². The van der Waals surface area contributed by atoms with Crippen LogP contribution in [0.4, 0.5) is 0 Å². The van der Waals surface area contributed by atoms with Gasteiger partial charge in [-0.15, -0.1) is 11.3 Å². The fraction of sp³-hybridized carbons (Fsp3) is 0.231. The van der Waals surface area contributed by atoms with Crippen molar-refractivity contribution in [1.82, 2.24) is 0 Å². The van der Waals surface area contributed by atoms with E-state index in [1.54, 1.807) is 6.07 Å². The van der Waals surface area contributed by atoms with Gasteiger partial charge < -0.3 is 5.11 Å². The molecule has 2 aromatic rings. The number of aryl methyl sites for hydroxylation is 1. The predicted molar refractivity (Wildman–Crippen MR) is 74.2 cm³/mol. The van der Waals surface area contributed by atoms with Crippen LogP contribution in [0.5, 0.6) is 0 Å². The second kappa shape index (κ2) is 5.40. The number of benzene rings is 1. The van der Waals surface area contributed by atoms with E-state index in [1.807, 2.05) is 30.5 Å². The van der Waals surface area contributed by atoms with Crippen molar-refractivity contribution in [3.8, 4) is 0 Å². The maximum absolute atomic E-state index is 10.1. The summed E-state index contributed by atoms with van der Waals surface area (Å²) in [6, 6.07) is 7.65. The van der Waals surface area contributed by atoms with Crippen LogP contribution in [0, 0.1) is 6.92 Å². The average molecular weight is 287 g/mol. The second-order valence-electron chi connectivity index (χ2n) is 3.98. The zero-order chi connectivity index (χ0) is 12.4. The van der Waals surface area contributed by atoms with E-state index in [1.165, 1.54) is 11.3 Å². The number of halogens is 2. The highest BCUT2D eigenvalue weighted by Crippen LogP contribution is 2.29. The smallest absolute Gasteiger partial charge is 0.0923 e. The molecule has 17 heavy (non-hydrogen) atoms. The van der Waals surface area contributed by atoms with Gasteiger partial charge in [0.05, 0.1) is 11.1 Å². The van der Waals surface area contributed by atoms with Gasteiger partial charge in [-0.3, -0.25) is 0 Å². The Kier molecular flexibility index (Phi) is 4.10. The number of hydrogen-bond donors (Lipinski definition) is 1. The largest absolute Gasteiger partial charge is 0.387 e. The minimum absolute atomic E-state index is 0.510. The van der Waals surface area contributed by atoms with Gasteiger partial charge in [-0.25, -0.2) is 0 Å². The molecule has 90 valence electrons. The van der Waals surface area contributed by atoms with Crippen molar-refractivity contribution < 1.29 is 5.11 Å². The molecule has 1 unspecified atom stereocenters. The van der Waals surface area contributed by atoms with Crippen molar-refractivity contribution in [3.63, 3.8) is 0 Å². The van der Waals surface area contributed by atoms with Gasteiger partial charge in [0.15, 0.2) is 0 Å². The van der Waals surface area contributed by atoms with Gasteiger partial charge >= 0.3 is 0 Å². The first kappa shape index (κ1) is 12.9. The number of aliphatic hydroxyl groups excluding tert-OH is 1. The summed E-state index contributed by atoms with van der Waals surface area (Å²) in [7, 11) is 0. The van der Waals surface area contributed by atoms with E-state index in [9.17, 15) is 5.11 Å². The maximum Gasteiger partial charge on any atom is 0.0923 e. The van der Waals surface area contributed by atoms with Gasteiger partial charge in [-0.1, -0.05) is 35.3 Å². The molecule has 4 heteroatoms. The van der Waals surface area contributed by atoms with Crippen LogP contribution >= 0.6 is 34.5 Å². The van der Waals surface area contributed by atoms with E-state index >= 15 is 0 Å². The molecule has 0 amide bonds. The van der Waals surface area contributed by atoms with E-state index < -0.39 is 6.10 Å². The Morgan fingerprint density at radius 3 is 2.65 bits per heavy atom. The summed E-state index contributed by atoms with van der Waals surface area (Å²) in [5.41, 5.74) is 2.07. The summed E-state index contributed by atoms with van der Waals surface area (Å²) < 4.78 is 0. The Balaban J connectivity index is 2.15. The van der Waals surface area contributed by atoms with Gasteiger partial charge in [-0.2, -0.15) is 0 Å². The van der Waals surface area contributed by atoms with Crippen LogP contribution in [0.25, 0.3) is 0 Å². The number of hydrogen-bond acceptors (Lipinski definition) is 2. The first-order valence-electron chi connectivity index (χ1n) is 5.23. The second-order valence-corrected chi connectivity index (χ2v) is 5.77. The Morgan fingerprint density at radius 1 is 1.29 bits per heavy atom. The number of aliphatic hydroxyl groups is 1. The van der Waals surface area contributed by atoms with Crippen LogP contribution in [0.1, 0.15) is 22.1 Å². The fourth-order valence-corrected chi connectivity index (χ4v) is 3.01. The molecule has 1 atom stereocenters. The highest BCUT2D eigenvalue weighted by molar-refractivity contribution is 7.10. The molecule has 0 saturated heterocycles. The summed E-state index contributed by atoms with van der Waals surface area (Å²) in [5.74, 6) is 0. The van der Waals surface area contributed by atoms with E-state index in [0.717, 1.165) is 16.0 Å². The van der Waals surface area contributed by atoms with E-state index in [2.05, 4.69) is 0 Å². The lowest BCUT2D eigenvalue weighted by Gasteiger charge is -2.10. The molecule has 0 aliphatic carbocycles. The highest BCUT2D eigenvalue weighted by Gasteiger charge is 2.12. The van der Waals surface area contributed by atoms with Crippen molar-refractivity contribution in [2.24, 2.45) is 0 Å². The van der Waals surface area contributed by atoms with E-state index in [-0.39, 0.29) is 0 Å². The number of rotatable bonds is 3. The number of thiophene rings is 1. The average Bonchev–Trinajstić information content (AvgIpc) is 2.69. The van der Waals surface area contributed by atoms with Crippen molar-refractivity contribution in [2.75, 3.05) is 0 Å². The quantitative estimate of drug-likeness (QED) is 0.872. The zero-order valence-electron chi connectivity index (χ0n) is 9.28. The zero-order valence-corrected chi connectivity index (χ0v) is 11.6. The predicted octanol–water partition coefficient (Wildman–Crippen LogP) is 4.64. The molecule has 0 aliphatic rings. The van der Waals surface area contributed by atoms with Crippen molar-refractivity contribution in [2.45, 2.75) is 19.4 Å². The maximum atomic E-state index is 10.1. The van der Waals surface area contributed by atoms with Crippen molar-refractivity contribution >= 4 is 34.5 Å². The minimum Gasteiger partial charge on any atom is -0.387 e. The lowest BCUT2D eigenvalue weighted by atomic mass is 10.1. The van der Waals surface area contributed by atoms with E-state index in [0.29, 0.717) is 16.5 Å². The van der Waals surface area contributed by atoms with Crippen LogP contribution < -0.4 is 0 Å². The molecule has 0 fully saturated rings. The summed E-state index contributed by atoms with van der Waals surface area (Å²) in [6.07, 6.45) is -0.0385. The Morgan fingerprint density at radius 2 is 2.06 bits per heavy atom. The van der Waals surface area contributed by atoms with Gasteiger partial charge in [-0.05, 0) is 30.2 Å². The van der Waals surface area contributed by atoms with Crippen LogP contribution in [-0.2, 0) is 6.42 Å². The lowest BCUT2D eigenvalue weighted by Crippen LogP contribution is -2.00. The van der Waals surface area contributed by atoms with Crippen LogP contribution in [0.15, 0.2) is 29.6 Å². The van der Waals surface area contributed by atoms with Crippen molar-refractivity contribution in [3.05, 3.63) is 55.7 Å². The molecular formula is C13H12Cl2OS. The molecular weight excluding hydrogens is 275 g/mol. The molecule has 1 nitrogen and oxygen atoms in total. The topological polar surface area (TPSA) is 20.2 Å². The van der Waals surface area contributed by atoms with E-state index in [4.69, 9.17) is 23.2 Å². The first-order valence-corrected chi connectivity index (χ1v) is 6.87. The van der Waals surface area contributed by atoms with Crippen molar-refractivity contribution in [1.29, 1.82) is 0 Å². The van der Waals surface area contributed by atoms with Crippen LogP contribution in [-0.4, -0.2) is 5.11 Å². The van der Waals surface area contributed by atoms with Gasteiger partial charge in [0.1, 0.15) is 0 Å². The molecule has 0 bridgehead atoms. The Bertz CT molecular complexity index is 522. The molecule has 1 N–H and O–H groups in total. The third-order valence-electron chi connectivity index (χ3n) is 2.54. The van der Waals surface area contributed by atoms with Gasteiger partial charge in [0, 0.05) is 21.7 Å². The minimum atomic E-state index is -0.548. The molecule has 0 radical (unpaired) electrons. The first-order chi connectivity index (χ1) is 8.06. The molecule has 1 aromatic heterocycles. The Hall–Kier alpha value is -0.540. The lowest BCUT2D eigenvalue weighted by molar-refractivity contribution is 0.182. The normalized spacial score (nSPS) is 12.7. The summed E-state index contributed by atoms with van der Waals surface area (Å²) in [4.78, 5) is 0.867. The molecule has 0 spiro atoms. The van der Waals surface area contributed by atoms with Gasteiger partial charge in [0.25, 0.3) is 0 Å². The standard InChI is InChI=1S/C13H12Cl2OS/c1-8-2-3-9(11(15)4-8)5-12(16)13-6-10(14)7-17-13/h2-4,6-7,12,16H,5H2,1H3. The third-order valence-corrected chi connectivity index (χ3v) is 4.27. The molecule has 2 rings (SSSR count). The molecule has 0 aliphatic heterocycles. The third kappa shape index (κ3) is 3.23.